The minimum atomic E-state index is 0.493. The number of benzene rings is 1. The Morgan fingerprint density at radius 2 is 2.26 bits per heavy atom. The molecule has 3 heteroatoms. The first-order chi connectivity index (χ1) is 9.30. The Morgan fingerprint density at radius 3 is 2.95 bits per heavy atom. The summed E-state index contributed by atoms with van der Waals surface area (Å²) >= 11 is 0. The van der Waals surface area contributed by atoms with Crippen molar-refractivity contribution in [3.8, 4) is 6.07 Å². The summed E-state index contributed by atoms with van der Waals surface area (Å²) in [7, 11) is 0. The molecule has 1 aromatic rings. The molecule has 2 N–H and O–H groups in total. The van der Waals surface area contributed by atoms with Crippen molar-refractivity contribution < 1.29 is 0 Å². The molecular weight excluding hydrogens is 234 g/mol. The van der Waals surface area contributed by atoms with Crippen LogP contribution in [0.1, 0.15) is 50.2 Å². The summed E-state index contributed by atoms with van der Waals surface area (Å²) in [5.74, 6) is 0. The molecule has 1 aliphatic heterocycles. The van der Waals surface area contributed by atoms with Crippen molar-refractivity contribution in [2.24, 2.45) is 5.73 Å². The number of hydrogen-bond acceptors (Lipinski definition) is 3. The SMILES string of the molecule is CCCC1CCCCN1c1ccc(CN)cc1C#N. The summed E-state index contributed by atoms with van der Waals surface area (Å²) in [5, 5.41) is 9.37. The van der Waals surface area contributed by atoms with Gasteiger partial charge in [0.05, 0.1) is 11.3 Å². The van der Waals surface area contributed by atoms with E-state index in [1.807, 2.05) is 12.1 Å². The molecule has 1 heterocycles. The van der Waals surface area contributed by atoms with E-state index in [0.717, 1.165) is 23.4 Å². The number of nitrogens with zero attached hydrogens (tertiary/aromatic N) is 2. The second-order valence-corrected chi connectivity index (χ2v) is 5.30. The fraction of sp³-hybridized carbons (Fsp3) is 0.562. The van der Waals surface area contributed by atoms with Gasteiger partial charge in [-0.05, 0) is 43.4 Å². The van der Waals surface area contributed by atoms with E-state index in [1.54, 1.807) is 0 Å². The molecular formula is C16H23N3. The lowest BCUT2D eigenvalue weighted by Gasteiger charge is -2.38. The molecule has 0 amide bonds. The van der Waals surface area contributed by atoms with Crippen molar-refractivity contribution in [1.29, 1.82) is 5.26 Å². The van der Waals surface area contributed by atoms with Gasteiger partial charge in [-0.15, -0.1) is 0 Å². The van der Waals surface area contributed by atoms with E-state index in [0.29, 0.717) is 12.6 Å². The van der Waals surface area contributed by atoms with E-state index in [4.69, 9.17) is 5.73 Å². The average molecular weight is 257 g/mol. The van der Waals surface area contributed by atoms with Gasteiger partial charge in [-0.25, -0.2) is 0 Å². The number of rotatable bonds is 4. The smallest absolute Gasteiger partial charge is 0.101 e. The number of anilines is 1. The maximum Gasteiger partial charge on any atom is 0.101 e. The van der Waals surface area contributed by atoms with E-state index in [-0.39, 0.29) is 0 Å². The summed E-state index contributed by atoms with van der Waals surface area (Å²) in [6.07, 6.45) is 6.19. The number of hydrogen-bond donors (Lipinski definition) is 1. The highest BCUT2D eigenvalue weighted by atomic mass is 15.2. The Hall–Kier alpha value is -1.53. The molecule has 0 aliphatic carbocycles. The van der Waals surface area contributed by atoms with Crippen molar-refractivity contribution in [3.05, 3.63) is 29.3 Å². The molecule has 0 saturated carbocycles. The van der Waals surface area contributed by atoms with Crippen LogP contribution in [0.15, 0.2) is 18.2 Å². The lowest BCUT2D eigenvalue weighted by atomic mass is 9.96. The van der Waals surface area contributed by atoms with Crippen LogP contribution < -0.4 is 10.6 Å². The van der Waals surface area contributed by atoms with Crippen LogP contribution >= 0.6 is 0 Å². The fourth-order valence-electron chi connectivity index (χ4n) is 3.00. The van der Waals surface area contributed by atoms with Crippen molar-refractivity contribution in [2.45, 2.75) is 51.6 Å². The van der Waals surface area contributed by atoms with Gasteiger partial charge in [-0.2, -0.15) is 5.26 Å². The van der Waals surface area contributed by atoms with E-state index >= 15 is 0 Å². The quantitative estimate of drug-likeness (QED) is 0.901. The number of nitrogens with two attached hydrogens (primary N) is 1. The minimum absolute atomic E-state index is 0.493. The first-order valence-corrected chi connectivity index (χ1v) is 7.30. The van der Waals surface area contributed by atoms with E-state index in [1.165, 1.54) is 32.1 Å². The molecule has 1 aromatic carbocycles. The second kappa shape index (κ2) is 6.58. The van der Waals surface area contributed by atoms with Gasteiger partial charge in [-0.3, -0.25) is 0 Å². The molecule has 1 atom stereocenters. The average Bonchev–Trinajstić information content (AvgIpc) is 2.47. The summed E-state index contributed by atoms with van der Waals surface area (Å²) < 4.78 is 0. The van der Waals surface area contributed by atoms with Gasteiger partial charge in [0, 0.05) is 19.1 Å². The number of nitriles is 1. The third kappa shape index (κ3) is 3.08. The first-order valence-electron chi connectivity index (χ1n) is 7.30. The van der Waals surface area contributed by atoms with Crippen LogP contribution in [0.2, 0.25) is 0 Å². The number of piperidine rings is 1. The normalized spacial score (nSPS) is 19.2. The largest absolute Gasteiger partial charge is 0.367 e. The Morgan fingerprint density at radius 1 is 1.42 bits per heavy atom. The van der Waals surface area contributed by atoms with Gasteiger partial charge in [0.15, 0.2) is 0 Å². The summed E-state index contributed by atoms with van der Waals surface area (Å²) in [5.41, 5.74) is 8.55. The van der Waals surface area contributed by atoms with Gasteiger partial charge in [0.25, 0.3) is 0 Å². The van der Waals surface area contributed by atoms with E-state index in [2.05, 4.69) is 24.0 Å². The Bertz CT molecular complexity index is 460. The Kier molecular flexibility index (Phi) is 4.81. The van der Waals surface area contributed by atoms with Crippen molar-refractivity contribution in [3.63, 3.8) is 0 Å². The van der Waals surface area contributed by atoms with Crippen molar-refractivity contribution in [2.75, 3.05) is 11.4 Å². The molecule has 102 valence electrons. The molecule has 2 rings (SSSR count). The van der Waals surface area contributed by atoms with Gasteiger partial charge >= 0.3 is 0 Å². The molecule has 0 radical (unpaired) electrons. The standard InChI is InChI=1S/C16H23N3/c1-2-5-15-6-3-4-9-19(15)16-8-7-13(11-17)10-14(16)12-18/h7-8,10,15H,2-6,9,11,17H2,1H3. The van der Waals surface area contributed by atoms with Crippen LogP contribution in [0.25, 0.3) is 0 Å². The van der Waals surface area contributed by atoms with Gasteiger partial charge < -0.3 is 10.6 Å². The van der Waals surface area contributed by atoms with Crippen LogP contribution in [0, 0.1) is 11.3 Å². The third-order valence-corrected chi connectivity index (χ3v) is 3.98. The molecule has 1 saturated heterocycles. The first kappa shape index (κ1) is 13.9. The Balaban J connectivity index is 2.30. The monoisotopic (exact) mass is 257 g/mol. The van der Waals surface area contributed by atoms with Crippen molar-refractivity contribution in [1.82, 2.24) is 0 Å². The van der Waals surface area contributed by atoms with Crippen LogP contribution in [-0.2, 0) is 6.54 Å². The molecule has 1 aliphatic rings. The molecule has 3 nitrogen and oxygen atoms in total. The second-order valence-electron chi connectivity index (χ2n) is 5.30. The minimum Gasteiger partial charge on any atom is -0.367 e. The maximum absolute atomic E-state index is 9.37. The highest BCUT2D eigenvalue weighted by molar-refractivity contribution is 5.61. The molecule has 1 unspecified atom stereocenters. The van der Waals surface area contributed by atoms with E-state index in [9.17, 15) is 5.26 Å². The zero-order valence-electron chi connectivity index (χ0n) is 11.7. The summed E-state index contributed by atoms with van der Waals surface area (Å²) in [6.45, 7) is 3.80. The van der Waals surface area contributed by atoms with Crippen LogP contribution in [0.5, 0.6) is 0 Å². The Labute approximate surface area is 116 Å². The lowest BCUT2D eigenvalue weighted by Crippen LogP contribution is -2.39. The predicted octanol–water partition coefficient (Wildman–Crippen LogP) is 3.18. The third-order valence-electron chi connectivity index (χ3n) is 3.98. The van der Waals surface area contributed by atoms with E-state index < -0.39 is 0 Å². The zero-order valence-corrected chi connectivity index (χ0v) is 11.7. The zero-order chi connectivity index (χ0) is 13.7. The van der Waals surface area contributed by atoms with Crippen LogP contribution in [0.3, 0.4) is 0 Å². The molecule has 1 fully saturated rings. The lowest BCUT2D eigenvalue weighted by molar-refractivity contribution is 0.434. The summed E-state index contributed by atoms with van der Waals surface area (Å²) in [6, 6.07) is 8.99. The predicted molar refractivity (Wildman–Crippen MR) is 78.9 cm³/mol. The van der Waals surface area contributed by atoms with Gasteiger partial charge in [0.2, 0.25) is 0 Å². The topological polar surface area (TPSA) is 53.0 Å². The van der Waals surface area contributed by atoms with Crippen LogP contribution in [0.4, 0.5) is 5.69 Å². The fourth-order valence-corrected chi connectivity index (χ4v) is 3.00. The molecule has 0 bridgehead atoms. The maximum atomic E-state index is 9.37. The van der Waals surface area contributed by atoms with Crippen LogP contribution in [-0.4, -0.2) is 12.6 Å². The molecule has 0 aromatic heterocycles. The molecule has 19 heavy (non-hydrogen) atoms. The van der Waals surface area contributed by atoms with Crippen molar-refractivity contribution >= 4 is 5.69 Å². The van der Waals surface area contributed by atoms with Gasteiger partial charge in [0.1, 0.15) is 6.07 Å². The highest BCUT2D eigenvalue weighted by Crippen LogP contribution is 2.30. The highest BCUT2D eigenvalue weighted by Gasteiger charge is 2.23. The van der Waals surface area contributed by atoms with Gasteiger partial charge in [-0.1, -0.05) is 19.4 Å². The molecule has 0 spiro atoms. The summed E-state index contributed by atoms with van der Waals surface area (Å²) in [4.78, 5) is 2.44.